The van der Waals surface area contributed by atoms with Crippen LogP contribution in [0, 0.1) is 5.92 Å². The molecule has 2 heterocycles. The van der Waals surface area contributed by atoms with Crippen LogP contribution in [0.5, 0.6) is 5.75 Å². The summed E-state index contributed by atoms with van der Waals surface area (Å²) in [7, 11) is 3.65. The van der Waals surface area contributed by atoms with E-state index in [2.05, 4.69) is 50.9 Å². The molecule has 0 aliphatic carbocycles. The van der Waals surface area contributed by atoms with Gasteiger partial charge < -0.3 is 19.9 Å². The van der Waals surface area contributed by atoms with Crippen molar-refractivity contribution in [2.75, 3.05) is 57.5 Å². The van der Waals surface area contributed by atoms with E-state index in [-0.39, 0.29) is 24.0 Å². The second kappa shape index (κ2) is 11.2. The van der Waals surface area contributed by atoms with Crippen LogP contribution in [0.15, 0.2) is 29.3 Å². The quantitative estimate of drug-likeness (QED) is 0.378. The standard InChI is InChI=1S/C20H32N4OS.HI/c1-4-17-15-24(11-12-26-17)20(21-2)22-13-16-9-10-23(14-16)18-7-5-6-8-19(18)25-3;/h5-8,16-17H,4,9-15H2,1-3H3,(H,21,22);1H. The number of ether oxygens (including phenoxy) is 1. The highest BCUT2D eigenvalue weighted by atomic mass is 127. The molecule has 2 unspecified atom stereocenters. The summed E-state index contributed by atoms with van der Waals surface area (Å²) in [5.74, 6) is 3.87. The van der Waals surface area contributed by atoms with E-state index in [0.29, 0.717) is 5.92 Å². The number of nitrogens with zero attached hydrogens (tertiary/aromatic N) is 3. The van der Waals surface area contributed by atoms with Crippen molar-refractivity contribution in [2.45, 2.75) is 25.0 Å². The summed E-state index contributed by atoms with van der Waals surface area (Å²) in [5, 5.41) is 4.37. The maximum atomic E-state index is 5.52. The Balaban J connectivity index is 0.00000261. The number of rotatable bonds is 5. The van der Waals surface area contributed by atoms with Crippen LogP contribution in [0.3, 0.4) is 0 Å². The summed E-state index contributed by atoms with van der Waals surface area (Å²) in [5.41, 5.74) is 1.21. The average molecular weight is 504 g/mol. The smallest absolute Gasteiger partial charge is 0.193 e. The van der Waals surface area contributed by atoms with Gasteiger partial charge in [0, 0.05) is 50.8 Å². The van der Waals surface area contributed by atoms with Crippen LogP contribution in [0.25, 0.3) is 0 Å². The van der Waals surface area contributed by atoms with Gasteiger partial charge in [0.15, 0.2) is 5.96 Å². The SMILES string of the molecule is CCC1CN(C(=NC)NCC2CCN(c3ccccc3OC)C2)CCS1.I. The van der Waals surface area contributed by atoms with Gasteiger partial charge in [0.2, 0.25) is 0 Å². The number of nitrogens with one attached hydrogen (secondary N) is 1. The summed E-state index contributed by atoms with van der Waals surface area (Å²) in [4.78, 5) is 9.41. The van der Waals surface area contributed by atoms with Crippen LogP contribution < -0.4 is 15.0 Å². The van der Waals surface area contributed by atoms with Gasteiger partial charge >= 0.3 is 0 Å². The topological polar surface area (TPSA) is 40.1 Å². The van der Waals surface area contributed by atoms with Crippen molar-refractivity contribution in [1.29, 1.82) is 0 Å². The zero-order valence-electron chi connectivity index (χ0n) is 16.7. The van der Waals surface area contributed by atoms with E-state index < -0.39 is 0 Å². The Bertz CT molecular complexity index is 615. The lowest BCUT2D eigenvalue weighted by Crippen LogP contribution is -2.49. The van der Waals surface area contributed by atoms with Crippen molar-refractivity contribution in [3.05, 3.63) is 24.3 Å². The first-order valence-electron chi connectivity index (χ1n) is 9.70. The molecule has 2 aliphatic heterocycles. The largest absolute Gasteiger partial charge is 0.495 e. The number of benzene rings is 1. The van der Waals surface area contributed by atoms with E-state index in [0.717, 1.165) is 49.7 Å². The van der Waals surface area contributed by atoms with Crippen molar-refractivity contribution in [3.63, 3.8) is 0 Å². The molecule has 5 nitrogen and oxygen atoms in total. The maximum absolute atomic E-state index is 5.52. The Morgan fingerprint density at radius 1 is 1.30 bits per heavy atom. The molecule has 2 atom stereocenters. The molecule has 27 heavy (non-hydrogen) atoms. The number of halogens is 1. The van der Waals surface area contributed by atoms with Crippen LogP contribution in [0.1, 0.15) is 19.8 Å². The summed E-state index contributed by atoms with van der Waals surface area (Å²) in [6.07, 6.45) is 2.43. The van der Waals surface area contributed by atoms with E-state index in [1.54, 1.807) is 7.11 Å². The molecule has 1 N–H and O–H groups in total. The second-order valence-corrected chi connectivity index (χ2v) is 8.46. The number of para-hydroxylation sites is 2. The summed E-state index contributed by atoms with van der Waals surface area (Å²) >= 11 is 2.10. The van der Waals surface area contributed by atoms with Gasteiger partial charge in [-0.05, 0) is 30.9 Å². The Labute approximate surface area is 185 Å². The highest BCUT2D eigenvalue weighted by Gasteiger charge is 2.26. The molecule has 0 bridgehead atoms. The Morgan fingerprint density at radius 3 is 2.85 bits per heavy atom. The van der Waals surface area contributed by atoms with Gasteiger partial charge in [-0.2, -0.15) is 11.8 Å². The number of hydrogen-bond donors (Lipinski definition) is 1. The van der Waals surface area contributed by atoms with Crippen molar-refractivity contribution in [1.82, 2.24) is 10.2 Å². The van der Waals surface area contributed by atoms with E-state index >= 15 is 0 Å². The lowest BCUT2D eigenvalue weighted by atomic mass is 10.1. The molecule has 7 heteroatoms. The molecule has 0 saturated carbocycles. The van der Waals surface area contributed by atoms with E-state index in [9.17, 15) is 0 Å². The van der Waals surface area contributed by atoms with Gasteiger partial charge in [0.1, 0.15) is 5.75 Å². The number of methoxy groups -OCH3 is 1. The van der Waals surface area contributed by atoms with Crippen molar-refractivity contribution in [2.24, 2.45) is 10.9 Å². The minimum Gasteiger partial charge on any atom is -0.495 e. The molecule has 0 aromatic heterocycles. The minimum absolute atomic E-state index is 0. The number of aliphatic imine (C=N–C) groups is 1. The first kappa shape index (κ1) is 22.5. The fourth-order valence-electron chi connectivity index (χ4n) is 3.84. The number of anilines is 1. The fourth-order valence-corrected chi connectivity index (χ4v) is 5.02. The van der Waals surface area contributed by atoms with Gasteiger partial charge in [-0.1, -0.05) is 19.1 Å². The zero-order valence-corrected chi connectivity index (χ0v) is 19.8. The number of hydrogen-bond acceptors (Lipinski definition) is 4. The predicted molar refractivity (Wildman–Crippen MR) is 128 cm³/mol. The molecule has 2 saturated heterocycles. The molecule has 0 amide bonds. The van der Waals surface area contributed by atoms with E-state index in [1.165, 1.54) is 24.3 Å². The zero-order chi connectivity index (χ0) is 18.4. The Hall–Kier alpha value is -0.830. The number of guanidine groups is 1. The normalized spacial score (nSPS) is 23.1. The molecule has 1 aromatic rings. The predicted octanol–water partition coefficient (Wildman–Crippen LogP) is 3.54. The highest BCUT2D eigenvalue weighted by Crippen LogP contribution is 2.31. The Morgan fingerprint density at radius 2 is 2.11 bits per heavy atom. The Kier molecular flexibility index (Phi) is 9.35. The number of thioether (sulfide) groups is 1. The van der Waals surface area contributed by atoms with Crippen molar-refractivity contribution >= 4 is 47.4 Å². The first-order valence-corrected chi connectivity index (χ1v) is 10.7. The summed E-state index contributed by atoms with van der Waals surface area (Å²) < 4.78 is 5.52. The molecule has 2 fully saturated rings. The lowest BCUT2D eigenvalue weighted by molar-refractivity contribution is 0.402. The average Bonchev–Trinajstić information content (AvgIpc) is 3.17. The second-order valence-electron chi connectivity index (χ2n) is 7.05. The van der Waals surface area contributed by atoms with Gasteiger partial charge in [-0.25, -0.2) is 0 Å². The van der Waals surface area contributed by atoms with Crippen LogP contribution in [0.2, 0.25) is 0 Å². The van der Waals surface area contributed by atoms with Gasteiger partial charge in [0.05, 0.1) is 12.8 Å². The van der Waals surface area contributed by atoms with Crippen LogP contribution >= 0.6 is 35.7 Å². The monoisotopic (exact) mass is 504 g/mol. The first-order chi connectivity index (χ1) is 12.7. The molecule has 2 aliphatic rings. The van der Waals surface area contributed by atoms with Crippen molar-refractivity contribution in [3.8, 4) is 5.75 Å². The molecule has 152 valence electrons. The summed E-state index contributed by atoms with van der Waals surface area (Å²) in [6.45, 7) is 7.63. The molecule has 0 spiro atoms. The maximum Gasteiger partial charge on any atom is 0.193 e. The van der Waals surface area contributed by atoms with Gasteiger partial charge in [-0.3, -0.25) is 4.99 Å². The van der Waals surface area contributed by atoms with E-state index in [4.69, 9.17) is 4.74 Å². The lowest BCUT2D eigenvalue weighted by Gasteiger charge is -2.34. The van der Waals surface area contributed by atoms with E-state index in [1.807, 2.05) is 19.2 Å². The molecule has 0 radical (unpaired) electrons. The third kappa shape index (κ3) is 5.82. The molecular weight excluding hydrogens is 471 g/mol. The van der Waals surface area contributed by atoms with Gasteiger partial charge in [0.25, 0.3) is 0 Å². The van der Waals surface area contributed by atoms with Crippen LogP contribution in [0.4, 0.5) is 5.69 Å². The minimum atomic E-state index is 0. The summed E-state index contributed by atoms with van der Waals surface area (Å²) in [6, 6.07) is 8.32. The van der Waals surface area contributed by atoms with Crippen LogP contribution in [-0.2, 0) is 0 Å². The fraction of sp³-hybridized carbons (Fsp3) is 0.650. The van der Waals surface area contributed by atoms with Gasteiger partial charge in [-0.15, -0.1) is 24.0 Å². The third-order valence-electron chi connectivity index (χ3n) is 5.37. The third-order valence-corrected chi connectivity index (χ3v) is 6.74. The van der Waals surface area contributed by atoms with Crippen molar-refractivity contribution < 1.29 is 4.74 Å². The molecular formula is C20H33IN4OS. The highest BCUT2D eigenvalue weighted by molar-refractivity contribution is 14.0. The molecule has 1 aromatic carbocycles. The van der Waals surface area contributed by atoms with Crippen LogP contribution in [-0.4, -0.2) is 68.7 Å². The molecule has 3 rings (SSSR count).